The summed E-state index contributed by atoms with van der Waals surface area (Å²) in [5.41, 5.74) is 1.55. The number of amides is 1. The predicted octanol–water partition coefficient (Wildman–Crippen LogP) is 1.03. The van der Waals surface area contributed by atoms with E-state index in [2.05, 4.69) is 10.9 Å². The van der Waals surface area contributed by atoms with E-state index in [4.69, 9.17) is 6.42 Å². The highest BCUT2D eigenvalue weighted by Gasteiger charge is 2.13. The second-order valence-electron chi connectivity index (χ2n) is 2.90. The van der Waals surface area contributed by atoms with Gasteiger partial charge >= 0.3 is 0 Å². The minimum Gasteiger partial charge on any atom is -0.357 e. The van der Waals surface area contributed by atoms with Gasteiger partial charge in [-0.1, -0.05) is 5.92 Å². The van der Waals surface area contributed by atoms with E-state index in [0.717, 1.165) is 5.56 Å². The molecule has 68 valence electrons. The van der Waals surface area contributed by atoms with Crippen LogP contribution < -0.4 is 0 Å². The molecule has 0 radical (unpaired) electrons. The van der Waals surface area contributed by atoms with Gasteiger partial charge in [-0.3, -0.25) is 4.79 Å². The van der Waals surface area contributed by atoms with E-state index >= 15 is 0 Å². The van der Waals surface area contributed by atoms with Crippen molar-refractivity contribution in [1.82, 2.24) is 9.88 Å². The molecule has 0 bridgehead atoms. The van der Waals surface area contributed by atoms with Crippen molar-refractivity contribution in [3.63, 3.8) is 0 Å². The molecule has 1 heterocycles. The summed E-state index contributed by atoms with van der Waals surface area (Å²) in [6, 6.07) is 1.86. The van der Waals surface area contributed by atoms with E-state index in [9.17, 15) is 4.79 Å². The summed E-state index contributed by atoms with van der Waals surface area (Å²) in [5.74, 6) is 2.35. The summed E-state index contributed by atoms with van der Waals surface area (Å²) in [7, 11) is 1.68. The number of nitrogens with one attached hydrogen (secondary N) is 1. The highest BCUT2D eigenvalue weighted by molar-refractivity contribution is 5.93. The fourth-order valence-corrected chi connectivity index (χ4v) is 1.08. The zero-order chi connectivity index (χ0) is 9.84. The van der Waals surface area contributed by atoms with Gasteiger partial charge in [-0.25, -0.2) is 0 Å². The van der Waals surface area contributed by atoms with Crippen LogP contribution in [0.4, 0.5) is 0 Å². The number of aromatic amines is 1. The van der Waals surface area contributed by atoms with Gasteiger partial charge in [0.15, 0.2) is 0 Å². The van der Waals surface area contributed by atoms with Crippen LogP contribution >= 0.6 is 0 Å². The minimum atomic E-state index is -0.0690. The molecule has 0 saturated heterocycles. The second-order valence-corrected chi connectivity index (χ2v) is 2.90. The van der Waals surface area contributed by atoms with E-state index in [1.807, 2.05) is 13.0 Å². The number of carbonyl (C=O) groups excluding carboxylic acids is 1. The van der Waals surface area contributed by atoms with Crippen LogP contribution in [0.3, 0.4) is 0 Å². The van der Waals surface area contributed by atoms with Crippen molar-refractivity contribution < 1.29 is 4.79 Å². The molecule has 0 unspecified atom stereocenters. The van der Waals surface area contributed by atoms with E-state index in [-0.39, 0.29) is 5.91 Å². The SMILES string of the molecule is C#CCN(C)C(=O)c1[nH]ccc1C. The molecule has 0 spiro atoms. The molecule has 3 heteroatoms. The number of terminal acetylenes is 1. The Morgan fingerprint density at radius 1 is 1.77 bits per heavy atom. The lowest BCUT2D eigenvalue weighted by Crippen LogP contribution is -2.27. The summed E-state index contributed by atoms with van der Waals surface area (Å²) in [6.07, 6.45) is 6.85. The molecular formula is C10H12N2O. The van der Waals surface area contributed by atoms with Crippen LogP contribution in [0.1, 0.15) is 16.1 Å². The molecule has 0 fully saturated rings. The maximum Gasteiger partial charge on any atom is 0.271 e. The van der Waals surface area contributed by atoms with Gasteiger partial charge in [-0.2, -0.15) is 0 Å². The number of H-pyrrole nitrogens is 1. The van der Waals surface area contributed by atoms with Gasteiger partial charge in [0.25, 0.3) is 5.91 Å². The summed E-state index contributed by atoms with van der Waals surface area (Å²) in [5, 5.41) is 0. The fraction of sp³-hybridized carbons (Fsp3) is 0.300. The smallest absolute Gasteiger partial charge is 0.271 e. The van der Waals surface area contributed by atoms with Gasteiger partial charge < -0.3 is 9.88 Å². The van der Waals surface area contributed by atoms with Crippen LogP contribution in [0.2, 0.25) is 0 Å². The molecule has 1 N–H and O–H groups in total. The third kappa shape index (κ3) is 1.91. The highest BCUT2D eigenvalue weighted by Crippen LogP contribution is 2.06. The first kappa shape index (κ1) is 9.40. The highest BCUT2D eigenvalue weighted by atomic mass is 16.2. The molecule has 0 atom stereocenters. The standard InChI is InChI=1S/C10H12N2O/c1-4-7-12(3)10(13)9-8(2)5-6-11-9/h1,5-6,11H,7H2,2-3H3. The first-order chi connectivity index (χ1) is 6.16. The molecule has 3 nitrogen and oxygen atoms in total. The summed E-state index contributed by atoms with van der Waals surface area (Å²) < 4.78 is 0. The topological polar surface area (TPSA) is 36.1 Å². The molecule has 1 aromatic rings. The van der Waals surface area contributed by atoms with Crippen LogP contribution in [0, 0.1) is 19.3 Å². The van der Waals surface area contributed by atoms with Gasteiger partial charge in [0.1, 0.15) is 5.69 Å². The molecule has 13 heavy (non-hydrogen) atoms. The van der Waals surface area contributed by atoms with Gasteiger partial charge in [-0.05, 0) is 18.6 Å². The Morgan fingerprint density at radius 3 is 2.92 bits per heavy atom. The van der Waals surface area contributed by atoms with Crippen molar-refractivity contribution in [3.8, 4) is 12.3 Å². The number of rotatable bonds is 2. The van der Waals surface area contributed by atoms with Crippen LogP contribution in [-0.4, -0.2) is 29.4 Å². The Labute approximate surface area is 77.8 Å². The lowest BCUT2D eigenvalue weighted by Gasteiger charge is -2.12. The number of nitrogens with zero attached hydrogens (tertiary/aromatic N) is 1. The quantitative estimate of drug-likeness (QED) is 0.671. The monoisotopic (exact) mass is 176 g/mol. The van der Waals surface area contributed by atoms with Crippen molar-refractivity contribution in [1.29, 1.82) is 0 Å². The fourth-order valence-electron chi connectivity index (χ4n) is 1.08. The Bertz CT molecular complexity index is 346. The van der Waals surface area contributed by atoms with E-state index in [1.54, 1.807) is 13.2 Å². The summed E-state index contributed by atoms with van der Waals surface area (Å²) >= 11 is 0. The molecule has 0 aliphatic heterocycles. The average Bonchev–Trinajstić information content (AvgIpc) is 2.50. The number of hydrogen-bond donors (Lipinski definition) is 1. The molecule has 0 aliphatic carbocycles. The summed E-state index contributed by atoms with van der Waals surface area (Å²) in [6.45, 7) is 2.21. The van der Waals surface area contributed by atoms with Crippen molar-refractivity contribution in [3.05, 3.63) is 23.5 Å². The number of carbonyl (C=O) groups is 1. The molecule has 1 rings (SSSR count). The Morgan fingerprint density at radius 2 is 2.46 bits per heavy atom. The van der Waals surface area contributed by atoms with E-state index < -0.39 is 0 Å². The van der Waals surface area contributed by atoms with E-state index in [1.165, 1.54) is 4.90 Å². The van der Waals surface area contributed by atoms with Crippen molar-refractivity contribution in [2.45, 2.75) is 6.92 Å². The van der Waals surface area contributed by atoms with E-state index in [0.29, 0.717) is 12.2 Å². The Balaban J connectivity index is 2.81. The van der Waals surface area contributed by atoms with Crippen LogP contribution in [0.5, 0.6) is 0 Å². The maximum absolute atomic E-state index is 11.6. The third-order valence-electron chi connectivity index (χ3n) is 1.84. The van der Waals surface area contributed by atoms with Crippen molar-refractivity contribution >= 4 is 5.91 Å². The van der Waals surface area contributed by atoms with Crippen LogP contribution in [0.25, 0.3) is 0 Å². The molecule has 0 aromatic carbocycles. The average molecular weight is 176 g/mol. The largest absolute Gasteiger partial charge is 0.357 e. The zero-order valence-electron chi connectivity index (χ0n) is 7.79. The molecule has 0 aliphatic rings. The molecule has 1 amide bonds. The third-order valence-corrected chi connectivity index (χ3v) is 1.84. The van der Waals surface area contributed by atoms with Crippen LogP contribution in [0.15, 0.2) is 12.3 Å². The van der Waals surface area contributed by atoms with Gasteiger partial charge in [0.05, 0.1) is 6.54 Å². The lowest BCUT2D eigenvalue weighted by molar-refractivity contribution is 0.0807. The number of hydrogen-bond acceptors (Lipinski definition) is 1. The molecular weight excluding hydrogens is 164 g/mol. The Hall–Kier alpha value is -1.69. The van der Waals surface area contributed by atoms with Gasteiger partial charge in [0, 0.05) is 13.2 Å². The normalized spacial score (nSPS) is 9.31. The van der Waals surface area contributed by atoms with Crippen molar-refractivity contribution in [2.24, 2.45) is 0 Å². The lowest BCUT2D eigenvalue weighted by atomic mass is 10.2. The van der Waals surface area contributed by atoms with Crippen molar-refractivity contribution in [2.75, 3.05) is 13.6 Å². The molecule has 0 saturated carbocycles. The Kier molecular flexibility index (Phi) is 2.76. The molecule has 1 aromatic heterocycles. The first-order valence-corrected chi connectivity index (χ1v) is 3.99. The minimum absolute atomic E-state index is 0.0690. The zero-order valence-corrected chi connectivity index (χ0v) is 7.79. The number of aromatic nitrogens is 1. The maximum atomic E-state index is 11.6. The van der Waals surface area contributed by atoms with Gasteiger partial charge in [-0.15, -0.1) is 6.42 Å². The first-order valence-electron chi connectivity index (χ1n) is 3.99. The van der Waals surface area contributed by atoms with Crippen LogP contribution in [-0.2, 0) is 0 Å². The second kappa shape index (κ2) is 3.81. The summed E-state index contributed by atoms with van der Waals surface area (Å²) in [4.78, 5) is 16.0. The van der Waals surface area contributed by atoms with Gasteiger partial charge in [0.2, 0.25) is 0 Å². The number of aryl methyl sites for hydroxylation is 1. The predicted molar refractivity (Wildman–Crippen MR) is 51.3 cm³/mol.